The van der Waals surface area contributed by atoms with Crippen molar-refractivity contribution in [2.24, 2.45) is 5.41 Å². The SMILES string of the molecule is CCOc1ccc(NC(=O)C2(CNC)CC2)cc1. The molecule has 4 heteroatoms. The maximum absolute atomic E-state index is 12.1. The number of rotatable bonds is 6. The highest BCUT2D eigenvalue weighted by Gasteiger charge is 2.49. The van der Waals surface area contributed by atoms with Crippen LogP contribution in [-0.4, -0.2) is 26.1 Å². The standard InChI is InChI=1S/C14H20N2O2/c1-3-18-12-6-4-11(5-7-12)16-13(17)14(8-9-14)10-15-2/h4-7,15H,3,8-10H2,1-2H3,(H,16,17). The van der Waals surface area contributed by atoms with Crippen molar-refractivity contribution in [3.63, 3.8) is 0 Å². The Labute approximate surface area is 108 Å². The van der Waals surface area contributed by atoms with E-state index in [2.05, 4.69) is 10.6 Å². The molecule has 0 radical (unpaired) electrons. The molecular weight excluding hydrogens is 228 g/mol. The van der Waals surface area contributed by atoms with Crippen molar-refractivity contribution in [2.45, 2.75) is 19.8 Å². The Morgan fingerprint density at radius 1 is 1.33 bits per heavy atom. The third kappa shape index (κ3) is 2.82. The van der Waals surface area contributed by atoms with E-state index in [-0.39, 0.29) is 11.3 Å². The number of hydrogen-bond acceptors (Lipinski definition) is 3. The molecule has 0 saturated heterocycles. The van der Waals surface area contributed by atoms with Crippen molar-refractivity contribution >= 4 is 11.6 Å². The van der Waals surface area contributed by atoms with E-state index in [1.807, 2.05) is 38.2 Å². The number of ether oxygens (including phenoxy) is 1. The van der Waals surface area contributed by atoms with Crippen molar-refractivity contribution < 1.29 is 9.53 Å². The van der Waals surface area contributed by atoms with E-state index in [9.17, 15) is 4.79 Å². The van der Waals surface area contributed by atoms with E-state index in [0.29, 0.717) is 6.61 Å². The molecule has 1 aliphatic rings. The lowest BCUT2D eigenvalue weighted by Gasteiger charge is -2.14. The molecule has 1 fully saturated rings. The number of amides is 1. The summed E-state index contributed by atoms with van der Waals surface area (Å²) in [5.74, 6) is 0.938. The van der Waals surface area contributed by atoms with Crippen molar-refractivity contribution in [3.05, 3.63) is 24.3 Å². The molecule has 4 nitrogen and oxygen atoms in total. The number of anilines is 1. The molecule has 0 spiro atoms. The van der Waals surface area contributed by atoms with Crippen LogP contribution < -0.4 is 15.4 Å². The van der Waals surface area contributed by atoms with Gasteiger partial charge in [0.2, 0.25) is 5.91 Å². The Morgan fingerprint density at radius 3 is 2.50 bits per heavy atom. The Kier molecular flexibility index (Phi) is 3.87. The maximum atomic E-state index is 12.1. The summed E-state index contributed by atoms with van der Waals surface area (Å²) in [6, 6.07) is 7.49. The maximum Gasteiger partial charge on any atom is 0.231 e. The van der Waals surface area contributed by atoms with Crippen molar-refractivity contribution in [1.82, 2.24) is 5.32 Å². The van der Waals surface area contributed by atoms with Gasteiger partial charge in [-0.25, -0.2) is 0 Å². The van der Waals surface area contributed by atoms with Gasteiger partial charge in [-0.15, -0.1) is 0 Å². The van der Waals surface area contributed by atoms with E-state index >= 15 is 0 Å². The van der Waals surface area contributed by atoms with Crippen molar-refractivity contribution in [1.29, 1.82) is 0 Å². The number of benzene rings is 1. The van der Waals surface area contributed by atoms with Crippen molar-refractivity contribution in [3.8, 4) is 5.75 Å². The molecule has 2 rings (SSSR count). The minimum Gasteiger partial charge on any atom is -0.494 e. The minimum absolute atomic E-state index is 0.112. The quantitative estimate of drug-likeness (QED) is 0.810. The van der Waals surface area contributed by atoms with Gasteiger partial charge in [0, 0.05) is 12.2 Å². The molecule has 1 aromatic carbocycles. The fourth-order valence-corrected chi connectivity index (χ4v) is 2.04. The molecule has 0 unspecified atom stereocenters. The zero-order valence-corrected chi connectivity index (χ0v) is 11.0. The number of carbonyl (C=O) groups excluding carboxylic acids is 1. The molecule has 0 aromatic heterocycles. The summed E-state index contributed by atoms with van der Waals surface area (Å²) in [6.45, 7) is 3.34. The monoisotopic (exact) mass is 248 g/mol. The molecule has 0 atom stereocenters. The summed E-state index contributed by atoms with van der Waals surface area (Å²) in [4.78, 5) is 12.1. The van der Waals surface area contributed by atoms with Crippen LogP contribution in [0.2, 0.25) is 0 Å². The third-order valence-electron chi connectivity index (χ3n) is 3.27. The Morgan fingerprint density at radius 2 is 2.00 bits per heavy atom. The van der Waals surface area contributed by atoms with Crippen LogP contribution in [0.3, 0.4) is 0 Å². The molecule has 1 saturated carbocycles. The van der Waals surface area contributed by atoms with E-state index in [1.165, 1.54) is 0 Å². The van der Waals surface area contributed by atoms with Crippen LogP contribution in [0.4, 0.5) is 5.69 Å². The Hall–Kier alpha value is -1.55. The first-order valence-electron chi connectivity index (χ1n) is 6.39. The molecule has 1 amide bonds. The summed E-state index contributed by atoms with van der Waals surface area (Å²) in [5.41, 5.74) is 0.638. The van der Waals surface area contributed by atoms with Gasteiger partial charge in [0.05, 0.1) is 12.0 Å². The smallest absolute Gasteiger partial charge is 0.231 e. The second kappa shape index (κ2) is 5.40. The average Bonchev–Trinajstić information content (AvgIpc) is 3.13. The molecule has 0 heterocycles. The highest BCUT2D eigenvalue weighted by atomic mass is 16.5. The van der Waals surface area contributed by atoms with Crippen LogP contribution >= 0.6 is 0 Å². The van der Waals surface area contributed by atoms with Gasteiger partial charge in [0.15, 0.2) is 0 Å². The predicted molar refractivity (Wildman–Crippen MR) is 71.8 cm³/mol. The number of carbonyl (C=O) groups is 1. The zero-order chi connectivity index (χ0) is 13.0. The molecule has 1 aliphatic carbocycles. The van der Waals surface area contributed by atoms with E-state index in [0.717, 1.165) is 30.8 Å². The van der Waals surface area contributed by atoms with Gasteiger partial charge in [-0.1, -0.05) is 0 Å². The van der Waals surface area contributed by atoms with Gasteiger partial charge in [-0.2, -0.15) is 0 Å². The van der Waals surface area contributed by atoms with Crippen LogP contribution in [0.5, 0.6) is 5.75 Å². The van der Waals surface area contributed by atoms with E-state index < -0.39 is 0 Å². The summed E-state index contributed by atoms with van der Waals surface area (Å²) >= 11 is 0. The molecule has 0 aliphatic heterocycles. The highest BCUT2D eigenvalue weighted by Crippen LogP contribution is 2.45. The summed E-state index contributed by atoms with van der Waals surface area (Å²) in [7, 11) is 1.88. The van der Waals surface area contributed by atoms with Crippen LogP contribution in [0.25, 0.3) is 0 Å². The highest BCUT2D eigenvalue weighted by molar-refractivity contribution is 5.97. The van der Waals surface area contributed by atoms with Gasteiger partial charge in [-0.3, -0.25) is 4.79 Å². The lowest BCUT2D eigenvalue weighted by molar-refractivity contribution is -0.120. The molecule has 1 aromatic rings. The second-order valence-corrected chi connectivity index (χ2v) is 4.72. The fourth-order valence-electron chi connectivity index (χ4n) is 2.04. The third-order valence-corrected chi connectivity index (χ3v) is 3.27. The Bertz CT molecular complexity index is 410. The van der Waals surface area contributed by atoms with Gasteiger partial charge < -0.3 is 15.4 Å². The zero-order valence-electron chi connectivity index (χ0n) is 11.0. The minimum atomic E-state index is -0.187. The average molecular weight is 248 g/mol. The normalized spacial score (nSPS) is 16.1. The van der Waals surface area contributed by atoms with Gasteiger partial charge in [0.25, 0.3) is 0 Å². The van der Waals surface area contributed by atoms with Crippen LogP contribution in [0.15, 0.2) is 24.3 Å². The van der Waals surface area contributed by atoms with Gasteiger partial charge in [0.1, 0.15) is 5.75 Å². The van der Waals surface area contributed by atoms with Crippen LogP contribution in [0, 0.1) is 5.41 Å². The lowest BCUT2D eigenvalue weighted by atomic mass is 10.1. The fraction of sp³-hybridized carbons (Fsp3) is 0.500. The molecule has 98 valence electrons. The summed E-state index contributed by atoms with van der Waals surface area (Å²) in [5, 5.41) is 6.05. The first-order valence-corrected chi connectivity index (χ1v) is 6.39. The first kappa shape index (κ1) is 12.9. The summed E-state index contributed by atoms with van der Waals surface area (Å²) < 4.78 is 5.36. The molecule has 18 heavy (non-hydrogen) atoms. The van der Waals surface area contributed by atoms with Crippen LogP contribution in [-0.2, 0) is 4.79 Å². The molecule has 0 bridgehead atoms. The largest absolute Gasteiger partial charge is 0.494 e. The second-order valence-electron chi connectivity index (χ2n) is 4.72. The molecule has 2 N–H and O–H groups in total. The van der Waals surface area contributed by atoms with Gasteiger partial charge >= 0.3 is 0 Å². The Balaban J connectivity index is 1.95. The van der Waals surface area contributed by atoms with Crippen molar-refractivity contribution in [2.75, 3.05) is 25.5 Å². The first-order chi connectivity index (χ1) is 8.70. The molecular formula is C14H20N2O2. The lowest BCUT2D eigenvalue weighted by Crippen LogP contribution is -2.32. The van der Waals surface area contributed by atoms with E-state index in [1.54, 1.807) is 0 Å². The topological polar surface area (TPSA) is 50.4 Å². The predicted octanol–water partition coefficient (Wildman–Crippen LogP) is 2.02. The van der Waals surface area contributed by atoms with Gasteiger partial charge in [-0.05, 0) is 51.1 Å². The number of hydrogen-bond donors (Lipinski definition) is 2. The summed E-state index contributed by atoms with van der Waals surface area (Å²) in [6.07, 6.45) is 1.94. The van der Waals surface area contributed by atoms with E-state index in [4.69, 9.17) is 4.74 Å². The number of nitrogens with one attached hydrogen (secondary N) is 2. The van der Waals surface area contributed by atoms with Crippen LogP contribution in [0.1, 0.15) is 19.8 Å².